The number of allylic oxidation sites excluding steroid dienone is 1. The van der Waals surface area contributed by atoms with Gasteiger partial charge in [0.1, 0.15) is 0 Å². The molecule has 0 saturated carbocycles. The van der Waals surface area contributed by atoms with Crippen LogP contribution >= 0.6 is 24.0 Å². The van der Waals surface area contributed by atoms with Crippen LogP contribution in [0.1, 0.15) is 32.1 Å². The number of guanidine groups is 1. The monoisotopic (exact) mass is 445 g/mol. The predicted molar refractivity (Wildman–Crippen MR) is 111 cm³/mol. The van der Waals surface area contributed by atoms with E-state index in [0.717, 1.165) is 24.6 Å². The number of nitrogens with one attached hydrogen (secondary N) is 2. The van der Waals surface area contributed by atoms with Gasteiger partial charge < -0.3 is 20.1 Å². The Morgan fingerprint density at radius 2 is 1.96 bits per heavy atom. The molecule has 0 unspecified atom stereocenters. The van der Waals surface area contributed by atoms with E-state index in [1.54, 1.807) is 26.8 Å². The zero-order valence-corrected chi connectivity index (χ0v) is 17.1. The van der Waals surface area contributed by atoms with Crippen molar-refractivity contribution < 1.29 is 9.47 Å². The second-order valence-electron chi connectivity index (χ2n) is 5.55. The van der Waals surface area contributed by atoms with Crippen molar-refractivity contribution in [3.8, 4) is 11.5 Å². The Labute approximate surface area is 161 Å². The van der Waals surface area contributed by atoms with Crippen molar-refractivity contribution in [2.24, 2.45) is 4.99 Å². The first-order valence-corrected chi connectivity index (χ1v) is 8.14. The average Bonchev–Trinajstić information content (AvgIpc) is 2.61. The summed E-state index contributed by atoms with van der Waals surface area (Å²) in [5.41, 5.74) is 2.47. The van der Waals surface area contributed by atoms with Crippen LogP contribution in [0.25, 0.3) is 0 Å². The van der Waals surface area contributed by atoms with E-state index in [1.807, 2.05) is 18.2 Å². The van der Waals surface area contributed by atoms with Crippen molar-refractivity contribution in [3.05, 3.63) is 29.8 Å². The highest BCUT2D eigenvalue weighted by Crippen LogP contribution is 2.29. The normalized spacial score (nSPS) is 14.3. The lowest BCUT2D eigenvalue weighted by Gasteiger charge is -2.16. The summed E-state index contributed by atoms with van der Waals surface area (Å²) in [6, 6.07) is 5.72. The SMILES string of the molecule is CN=C(NCCC1=CCCCC1)Nc1ccc(OC)c(OC)c1.I. The standard InChI is InChI=1S/C18H27N3O2.HI/c1-19-18(20-12-11-14-7-5-4-6-8-14)21-15-9-10-16(22-2)17(13-15)23-3;/h7,9-10,13H,4-6,8,11-12H2,1-3H3,(H2,19,20,21);1H. The fourth-order valence-corrected chi connectivity index (χ4v) is 2.70. The lowest BCUT2D eigenvalue weighted by atomic mass is 9.97. The van der Waals surface area contributed by atoms with Gasteiger partial charge in [0.25, 0.3) is 0 Å². The van der Waals surface area contributed by atoms with Gasteiger partial charge in [0.05, 0.1) is 14.2 Å². The van der Waals surface area contributed by atoms with Crippen molar-refractivity contribution in [1.29, 1.82) is 0 Å². The minimum atomic E-state index is 0. The third-order valence-corrected chi connectivity index (χ3v) is 3.99. The first kappa shape index (κ1) is 20.6. The quantitative estimate of drug-likeness (QED) is 0.298. The van der Waals surface area contributed by atoms with Crippen molar-refractivity contribution >= 4 is 35.6 Å². The number of rotatable bonds is 6. The minimum absolute atomic E-state index is 0. The third kappa shape index (κ3) is 6.22. The predicted octanol–water partition coefficient (Wildman–Crippen LogP) is 4.20. The molecular weight excluding hydrogens is 417 g/mol. The minimum Gasteiger partial charge on any atom is -0.493 e. The second kappa shape index (κ2) is 11.2. The van der Waals surface area contributed by atoms with Gasteiger partial charge in [-0.3, -0.25) is 4.99 Å². The molecule has 1 aliphatic rings. The number of nitrogens with zero attached hydrogens (tertiary/aromatic N) is 1. The highest BCUT2D eigenvalue weighted by molar-refractivity contribution is 14.0. The molecule has 5 nitrogen and oxygen atoms in total. The Hall–Kier alpha value is -1.44. The number of ether oxygens (including phenoxy) is 2. The first-order chi connectivity index (χ1) is 11.3. The highest BCUT2D eigenvalue weighted by Gasteiger charge is 2.07. The molecule has 0 saturated heterocycles. The van der Waals surface area contributed by atoms with E-state index in [9.17, 15) is 0 Å². The molecule has 0 heterocycles. The fourth-order valence-electron chi connectivity index (χ4n) is 2.70. The summed E-state index contributed by atoms with van der Waals surface area (Å²) >= 11 is 0. The summed E-state index contributed by atoms with van der Waals surface area (Å²) in [5.74, 6) is 2.17. The molecule has 2 rings (SSSR count). The van der Waals surface area contributed by atoms with E-state index in [0.29, 0.717) is 11.5 Å². The molecule has 0 amide bonds. The van der Waals surface area contributed by atoms with Gasteiger partial charge in [-0.2, -0.15) is 0 Å². The molecule has 134 valence electrons. The average molecular weight is 445 g/mol. The number of methoxy groups -OCH3 is 2. The van der Waals surface area contributed by atoms with Gasteiger partial charge >= 0.3 is 0 Å². The van der Waals surface area contributed by atoms with E-state index in [-0.39, 0.29) is 24.0 Å². The van der Waals surface area contributed by atoms with Crippen molar-refractivity contribution in [2.75, 3.05) is 33.1 Å². The molecule has 1 aromatic carbocycles. The van der Waals surface area contributed by atoms with Crippen LogP contribution in [0, 0.1) is 0 Å². The van der Waals surface area contributed by atoms with Gasteiger partial charge in [-0.1, -0.05) is 11.6 Å². The summed E-state index contributed by atoms with van der Waals surface area (Å²) in [6.07, 6.45) is 8.59. The number of aliphatic imine (C=N–C) groups is 1. The van der Waals surface area contributed by atoms with Crippen LogP contribution < -0.4 is 20.1 Å². The zero-order chi connectivity index (χ0) is 16.5. The van der Waals surface area contributed by atoms with E-state index in [4.69, 9.17) is 9.47 Å². The topological polar surface area (TPSA) is 54.9 Å². The first-order valence-electron chi connectivity index (χ1n) is 8.14. The second-order valence-corrected chi connectivity index (χ2v) is 5.55. The maximum atomic E-state index is 5.32. The molecule has 0 aromatic heterocycles. The molecule has 6 heteroatoms. The van der Waals surface area contributed by atoms with E-state index >= 15 is 0 Å². The zero-order valence-electron chi connectivity index (χ0n) is 14.7. The molecular formula is C18H28IN3O2. The molecule has 24 heavy (non-hydrogen) atoms. The molecule has 0 radical (unpaired) electrons. The van der Waals surface area contributed by atoms with Gasteiger partial charge in [-0.25, -0.2) is 0 Å². The highest BCUT2D eigenvalue weighted by atomic mass is 127. The maximum Gasteiger partial charge on any atom is 0.195 e. The Kier molecular flexibility index (Phi) is 9.59. The van der Waals surface area contributed by atoms with Crippen LogP contribution in [0.3, 0.4) is 0 Å². The molecule has 0 bridgehead atoms. The Bertz CT molecular complexity index is 573. The Balaban J connectivity index is 0.00000288. The van der Waals surface area contributed by atoms with Crippen LogP contribution in [0.15, 0.2) is 34.8 Å². The number of benzene rings is 1. The number of halogens is 1. The largest absolute Gasteiger partial charge is 0.493 e. The lowest BCUT2D eigenvalue weighted by molar-refractivity contribution is 0.355. The number of hydrogen-bond donors (Lipinski definition) is 2. The summed E-state index contributed by atoms with van der Waals surface area (Å²) in [5, 5.41) is 6.63. The summed E-state index contributed by atoms with van der Waals surface area (Å²) in [4.78, 5) is 4.27. The van der Waals surface area contributed by atoms with Crippen molar-refractivity contribution in [2.45, 2.75) is 32.1 Å². The van der Waals surface area contributed by atoms with Crippen LogP contribution in [0.5, 0.6) is 11.5 Å². The molecule has 0 aliphatic heterocycles. The van der Waals surface area contributed by atoms with E-state index in [1.165, 1.54) is 25.7 Å². The van der Waals surface area contributed by atoms with Crippen LogP contribution in [0.2, 0.25) is 0 Å². The summed E-state index contributed by atoms with van der Waals surface area (Å²) in [6.45, 7) is 0.888. The van der Waals surface area contributed by atoms with Gasteiger partial charge in [-0.05, 0) is 44.2 Å². The lowest BCUT2D eigenvalue weighted by Crippen LogP contribution is -2.31. The smallest absolute Gasteiger partial charge is 0.195 e. The van der Waals surface area contributed by atoms with Gasteiger partial charge in [0.15, 0.2) is 17.5 Å². The molecule has 0 fully saturated rings. The van der Waals surface area contributed by atoms with Crippen LogP contribution in [0.4, 0.5) is 5.69 Å². The molecule has 1 aromatic rings. The number of anilines is 1. The number of hydrogen-bond acceptors (Lipinski definition) is 3. The van der Waals surface area contributed by atoms with Gasteiger partial charge in [-0.15, -0.1) is 24.0 Å². The van der Waals surface area contributed by atoms with Crippen LogP contribution in [-0.2, 0) is 0 Å². The van der Waals surface area contributed by atoms with Gasteiger partial charge in [0.2, 0.25) is 0 Å². The Morgan fingerprint density at radius 1 is 1.17 bits per heavy atom. The van der Waals surface area contributed by atoms with Crippen LogP contribution in [-0.4, -0.2) is 33.8 Å². The van der Waals surface area contributed by atoms with Gasteiger partial charge in [0, 0.05) is 25.3 Å². The molecule has 0 spiro atoms. The molecule has 0 atom stereocenters. The molecule has 2 N–H and O–H groups in total. The van der Waals surface area contributed by atoms with Crippen molar-refractivity contribution in [3.63, 3.8) is 0 Å². The summed E-state index contributed by atoms with van der Waals surface area (Å²) < 4.78 is 10.6. The molecule has 1 aliphatic carbocycles. The van der Waals surface area contributed by atoms with Crippen molar-refractivity contribution in [1.82, 2.24) is 5.32 Å². The Morgan fingerprint density at radius 3 is 2.58 bits per heavy atom. The maximum absolute atomic E-state index is 5.32. The fraction of sp³-hybridized carbons (Fsp3) is 0.500. The van der Waals surface area contributed by atoms with E-state index < -0.39 is 0 Å². The third-order valence-electron chi connectivity index (χ3n) is 3.99. The van der Waals surface area contributed by atoms with E-state index in [2.05, 4.69) is 21.7 Å². The summed E-state index contributed by atoms with van der Waals surface area (Å²) in [7, 11) is 5.04.